The molecule has 0 radical (unpaired) electrons. The zero-order valence-electron chi connectivity index (χ0n) is 30.7. The standard InChI is InChI=1S/C51H34N4OS/c1-3-13-31(14-4-1)49-52-50(32-15-5-2-6-16-32)54-51(53-49)33-25-27-40-46(29-33)57-45-24-12-19-37(47(40)45)38-20-11-21-39-41-30-34(26-28-44(41)56-48(38)39)55-42-22-9-7-17-35(42)36-18-8-10-23-43(36)55/h1-30,49,51,53H,(H,52,54). The number of aromatic nitrogens is 1. The first-order chi connectivity index (χ1) is 28.2. The second kappa shape index (κ2) is 12.8. The third kappa shape index (κ3) is 5.15. The van der Waals surface area contributed by atoms with Crippen LogP contribution >= 0.6 is 11.3 Å². The predicted molar refractivity (Wildman–Crippen MR) is 238 cm³/mol. The van der Waals surface area contributed by atoms with Gasteiger partial charge in [-0.3, -0.25) is 5.32 Å². The summed E-state index contributed by atoms with van der Waals surface area (Å²) in [6, 6.07) is 64.9. The van der Waals surface area contributed by atoms with E-state index < -0.39 is 0 Å². The highest BCUT2D eigenvalue weighted by Gasteiger charge is 2.26. The van der Waals surface area contributed by atoms with Crippen molar-refractivity contribution in [2.45, 2.75) is 12.3 Å². The highest BCUT2D eigenvalue weighted by molar-refractivity contribution is 7.26. The molecule has 1 aliphatic rings. The number of nitrogens with zero attached hydrogens (tertiary/aromatic N) is 2. The monoisotopic (exact) mass is 750 g/mol. The van der Waals surface area contributed by atoms with E-state index in [1.165, 1.54) is 53.1 Å². The molecule has 0 spiro atoms. The SMILES string of the molecule is c1ccc(C2=NC(c3ccccc3)NC(c3ccc4c(c3)sc3cccc(-c5cccc6c5oc5ccc(-n7c8ccccc8c8ccccc87)cc56)c34)N2)cc1. The second-order valence-electron chi connectivity index (χ2n) is 14.8. The van der Waals surface area contributed by atoms with Gasteiger partial charge in [-0.25, -0.2) is 4.99 Å². The lowest BCUT2D eigenvalue weighted by molar-refractivity contribution is 0.409. The molecule has 0 saturated carbocycles. The second-order valence-corrected chi connectivity index (χ2v) is 15.9. The number of aliphatic imine (C=N–C) groups is 1. The van der Waals surface area contributed by atoms with Crippen LogP contribution in [0.1, 0.15) is 29.0 Å². The zero-order valence-corrected chi connectivity index (χ0v) is 31.5. The maximum absolute atomic E-state index is 6.78. The van der Waals surface area contributed by atoms with Gasteiger partial charge in [0, 0.05) is 58.5 Å². The minimum absolute atomic E-state index is 0.131. The quantitative estimate of drug-likeness (QED) is 0.184. The third-order valence-electron chi connectivity index (χ3n) is 11.5. The van der Waals surface area contributed by atoms with Gasteiger partial charge in [-0.2, -0.15) is 0 Å². The van der Waals surface area contributed by atoms with Gasteiger partial charge in [0.05, 0.1) is 11.0 Å². The van der Waals surface area contributed by atoms with Crippen LogP contribution in [0.3, 0.4) is 0 Å². The summed E-state index contributed by atoms with van der Waals surface area (Å²) in [6.45, 7) is 0. The Morgan fingerprint density at radius 1 is 0.526 bits per heavy atom. The van der Waals surface area contributed by atoms with Crippen LogP contribution in [-0.4, -0.2) is 10.4 Å². The Hall–Kier alpha value is -6.99. The largest absolute Gasteiger partial charge is 0.455 e. The summed E-state index contributed by atoms with van der Waals surface area (Å²) in [5, 5.41) is 14.7. The van der Waals surface area contributed by atoms with E-state index >= 15 is 0 Å². The Morgan fingerprint density at radius 3 is 2.04 bits per heavy atom. The Kier molecular flexibility index (Phi) is 7.24. The van der Waals surface area contributed by atoms with Crippen LogP contribution in [-0.2, 0) is 0 Å². The van der Waals surface area contributed by atoms with Gasteiger partial charge in [0.25, 0.3) is 0 Å². The Labute approximate surface area is 332 Å². The van der Waals surface area contributed by atoms with Crippen LogP contribution in [0.25, 0.3) is 80.7 Å². The highest BCUT2D eigenvalue weighted by atomic mass is 32.1. The molecular formula is C51H34N4OS. The Balaban J connectivity index is 0.962. The van der Waals surface area contributed by atoms with Gasteiger partial charge in [-0.1, -0.05) is 140 Å². The molecule has 3 aromatic heterocycles. The molecule has 57 heavy (non-hydrogen) atoms. The lowest BCUT2D eigenvalue weighted by atomic mass is 9.97. The van der Waals surface area contributed by atoms with Gasteiger partial charge in [0.2, 0.25) is 0 Å². The molecule has 11 aromatic rings. The minimum Gasteiger partial charge on any atom is -0.455 e. The average molecular weight is 751 g/mol. The molecule has 0 bridgehead atoms. The van der Waals surface area contributed by atoms with Gasteiger partial charge < -0.3 is 14.3 Å². The smallest absolute Gasteiger partial charge is 0.143 e. The molecule has 2 atom stereocenters. The molecule has 6 heteroatoms. The summed E-state index contributed by atoms with van der Waals surface area (Å²) in [7, 11) is 0. The van der Waals surface area contributed by atoms with Crippen molar-refractivity contribution in [2.75, 3.05) is 0 Å². The van der Waals surface area contributed by atoms with E-state index in [0.717, 1.165) is 50.2 Å². The maximum Gasteiger partial charge on any atom is 0.143 e. The molecule has 1 aliphatic heterocycles. The number of hydrogen-bond acceptors (Lipinski definition) is 5. The number of benzene rings is 8. The number of nitrogens with one attached hydrogen (secondary N) is 2. The number of furan rings is 1. The van der Waals surface area contributed by atoms with E-state index in [1.807, 2.05) is 23.5 Å². The fraction of sp³-hybridized carbons (Fsp3) is 0.0392. The summed E-state index contributed by atoms with van der Waals surface area (Å²) < 4.78 is 11.6. The van der Waals surface area contributed by atoms with E-state index in [2.05, 4.69) is 185 Å². The summed E-state index contributed by atoms with van der Waals surface area (Å²) in [6.07, 6.45) is -0.312. The molecule has 5 nitrogen and oxygen atoms in total. The van der Waals surface area contributed by atoms with Crippen molar-refractivity contribution in [2.24, 2.45) is 4.99 Å². The Morgan fingerprint density at radius 2 is 1.23 bits per heavy atom. The van der Waals surface area contributed by atoms with Gasteiger partial charge >= 0.3 is 0 Å². The maximum atomic E-state index is 6.78. The number of hydrogen-bond donors (Lipinski definition) is 2. The summed E-state index contributed by atoms with van der Waals surface area (Å²) >= 11 is 1.84. The number of rotatable bonds is 5. The van der Waals surface area contributed by atoms with E-state index in [-0.39, 0.29) is 12.3 Å². The van der Waals surface area contributed by atoms with Crippen LogP contribution in [0.4, 0.5) is 0 Å². The molecule has 4 heterocycles. The van der Waals surface area contributed by atoms with Crippen molar-refractivity contribution in [3.05, 3.63) is 199 Å². The first kappa shape index (κ1) is 32.3. The van der Waals surface area contributed by atoms with Gasteiger partial charge in [-0.15, -0.1) is 11.3 Å². The number of para-hydroxylation sites is 3. The molecule has 8 aromatic carbocycles. The summed E-state index contributed by atoms with van der Waals surface area (Å²) in [4.78, 5) is 5.11. The van der Waals surface area contributed by atoms with E-state index in [9.17, 15) is 0 Å². The topological polar surface area (TPSA) is 54.5 Å². The molecule has 270 valence electrons. The van der Waals surface area contributed by atoms with Crippen LogP contribution in [0.2, 0.25) is 0 Å². The molecule has 2 unspecified atom stereocenters. The molecule has 12 rings (SSSR count). The lowest BCUT2D eigenvalue weighted by Gasteiger charge is -2.32. The number of thiophene rings is 1. The van der Waals surface area contributed by atoms with Crippen molar-refractivity contribution in [3.8, 4) is 16.8 Å². The van der Waals surface area contributed by atoms with Gasteiger partial charge in [0.1, 0.15) is 29.3 Å². The number of amidine groups is 1. The highest BCUT2D eigenvalue weighted by Crippen LogP contribution is 2.45. The van der Waals surface area contributed by atoms with Crippen molar-refractivity contribution >= 4 is 81.1 Å². The molecule has 0 aliphatic carbocycles. The van der Waals surface area contributed by atoms with Crippen LogP contribution in [0.5, 0.6) is 0 Å². The normalized spacial score (nSPS) is 15.9. The van der Waals surface area contributed by atoms with Crippen molar-refractivity contribution in [1.82, 2.24) is 15.2 Å². The first-order valence-electron chi connectivity index (χ1n) is 19.4. The van der Waals surface area contributed by atoms with E-state index in [0.29, 0.717) is 0 Å². The molecule has 0 amide bonds. The molecular weight excluding hydrogens is 717 g/mol. The van der Waals surface area contributed by atoms with Gasteiger partial charge in [0.15, 0.2) is 0 Å². The van der Waals surface area contributed by atoms with Crippen molar-refractivity contribution < 1.29 is 4.42 Å². The van der Waals surface area contributed by atoms with Crippen LogP contribution < -0.4 is 10.6 Å². The van der Waals surface area contributed by atoms with Crippen molar-refractivity contribution in [1.29, 1.82) is 0 Å². The van der Waals surface area contributed by atoms with Crippen LogP contribution in [0, 0.1) is 0 Å². The van der Waals surface area contributed by atoms with Crippen molar-refractivity contribution in [3.63, 3.8) is 0 Å². The number of fused-ring (bicyclic) bond motifs is 9. The average Bonchev–Trinajstić information content (AvgIpc) is 3.96. The summed E-state index contributed by atoms with van der Waals surface area (Å²) in [5.41, 5.74) is 10.9. The van der Waals surface area contributed by atoms with E-state index in [1.54, 1.807) is 0 Å². The first-order valence-corrected chi connectivity index (χ1v) is 20.2. The van der Waals surface area contributed by atoms with Crippen LogP contribution in [0.15, 0.2) is 191 Å². The fourth-order valence-corrected chi connectivity index (χ4v) is 10.0. The Bertz CT molecular complexity index is 3320. The molecule has 0 fully saturated rings. The summed E-state index contributed by atoms with van der Waals surface area (Å²) in [5.74, 6) is 0.882. The predicted octanol–water partition coefficient (Wildman–Crippen LogP) is 13.1. The van der Waals surface area contributed by atoms with Gasteiger partial charge in [-0.05, 0) is 59.2 Å². The fourth-order valence-electron chi connectivity index (χ4n) is 8.86. The molecule has 2 N–H and O–H groups in total. The zero-order chi connectivity index (χ0) is 37.5. The molecule has 0 saturated heterocycles. The third-order valence-corrected chi connectivity index (χ3v) is 12.6. The minimum atomic E-state index is -0.181. The van der Waals surface area contributed by atoms with E-state index in [4.69, 9.17) is 9.41 Å². The lowest BCUT2D eigenvalue weighted by Crippen LogP contribution is -2.44.